The highest BCUT2D eigenvalue weighted by molar-refractivity contribution is 6.29. The second-order valence-electron chi connectivity index (χ2n) is 4.50. The van der Waals surface area contributed by atoms with E-state index in [1.54, 1.807) is 23.1 Å². The van der Waals surface area contributed by atoms with Crippen LogP contribution in [0.2, 0.25) is 5.15 Å². The molecule has 0 aliphatic rings. The van der Waals surface area contributed by atoms with Gasteiger partial charge in [0.15, 0.2) is 0 Å². The predicted octanol–water partition coefficient (Wildman–Crippen LogP) is 2.69. The number of aromatic nitrogens is 3. The third-order valence-corrected chi connectivity index (χ3v) is 2.57. The summed E-state index contributed by atoms with van der Waals surface area (Å²) in [6.07, 6.45) is 5.27. The van der Waals surface area contributed by atoms with Crippen molar-refractivity contribution in [3.8, 4) is 11.8 Å². The number of nitrogens with one attached hydrogen (secondary N) is 1. The molecule has 1 N–H and O–H groups in total. The van der Waals surface area contributed by atoms with Crippen molar-refractivity contribution in [1.82, 2.24) is 14.8 Å². The summed E-state index contributed by atoms with van der Waals surface area (Å²) < 4.78 is 1.72. The van der Waals surface area contributed by atoms with Crippen LogP contribution in [-0.2, 0) is 7.05 Å². The Kier molecular flexibility index (Phi) is 4.08. The summed E-state index contributed by atoms with van der Waals surface area (Å²) in [5, 5.41) is 7.84. The molecule has 2 heterocycles. The Morgan fingerprint density at radius 2 is 2.11 bits per heavy atom. The molecule has 5 heteroatoms. The van der Waals surface area contributed by atoms with Gasteiger partial charge in [0.25, 0.3) is 0 Å². The Morgan fingerprint density at radius 1 is 1.32 bits per heavy atom. The molecule has 0 radical (unpaired) electrons. The highest BCUT2D eigenvalue weighted by Gasteiger charge is 2.03. The molecule has 4 nitrogen and oxygen atoms in total. The average molecular weight is 275 g/mol. The second-order valence-corrected chi connectivity index (χ2v) is 4.89. The molecule has 0 aromatic carbocycles. The maximum Gasteiger partial charge on any atom is 0.131 e. The zero-order chi connectivity index (χ0) is 13.8. The minimum atomic E-state index is 0.303. The fourth-order valence-corrected chi connectivity index (χ4v) is 1.74. The third kappa shape index (κ3) is 3.73. The van der Waals surface area contributed by atoms with Gasteiger partial charge in [-0.05, 0) is 19.9 Å². The smallest absolute Gasteiger partial charge is 0.131 e. The van der Waals surface area contributed by atoms with Crippen LogP contribution in [0.5, 0.6) is 0 Å². The van der Waals surface area contributed by atoms with Gasteiger partial charge in [0, 0.05) is 25.5 Å². The van der Waals surface area contributed by atoms with Crippen LogP contribution in [0.3, 0.4) is 0 Å². The first kappa shape index (κ1) is 13.4. The molecule has 0 unspecified atom stereocenters. The second kappa shape index (κ2) is 5.77. The lowest BCUT2D eigenvalue weighted by Gasteiger charge is -2.11. The van der Waals surface area contributed by atoms with E-state index in [0.29, 0.717) is 11.2 Å². The maximum absolute atomic E-state index is 5.91. The third-order valence-electron chi connectivity index (χ3n) is 2.36. The van der Waals surface area contributed by atoms with Crippen LogP contribution in [0, 0.1) is 11.8 Å². The Morgan fingerprint density at radius 3 is 2.74 bits per heavy atom. The number of anilines is 1. The number of nitrogens with zero attached hydrogens (tertiary/aromatic N) is 3. The predicted molar refractivity (Wildman–Crippen MR) is 77.2 cm³/mol. The van der Waals surface area contributed by atoms with E-state index in [1.165, 1.54) is 0 Å². The van der Waals surface area contributed by atoms with E-state index in [0.717, 1.165) is 16.8 Å². The van der Waals surface area contributed by atoms with E-state index in [9.17, 15) is 0 Å². The normalized spacial score (nSPS) is 10.2. The van der Waals surface area contributed by atoms with Gasteiger partial charge < -0.3 is 5.32 Å². The number of halogens is 1. The Labute approximate surface area is 117 Å². The molecule has 0 bridgehead atoms. The lowest BCUT2D eigenvalue weighted by Crippen LogP contribution is -2.11. The van der Waals surface area contributed by atoms with E-state index >= 15 is 0 Å². The molecule has 0 spiro atoms. The molecule has 0 amide bonds. The van der Waals surface area contributed by atoms with Crippen molar-refractivity contribution in [3.63, 3.8) is 0 Å². The molecule has 0 fully saturated rings. The zero-order valence-electron chi connectivity index (χ0n) is 11.1. The minimum absolute atomic E-state index is 0.303. The van der Waals surface area contributed by atoms with Gasteiger partial charge in [0.05, 0.1) is 23.0 Å². The topological polar surface area (TPSA) is 42.7 Å². The van der Waals surface area contributed by atoms with Crippen LogP contribution in [0.25, 0.3) is 0 Å². The molecular formula is C14H15ClN4. The molecule has 2 rings (SSSR count). The van der Waals surface area contributed by atoms with Crippen molar-refractivity contribution in [1.29, 1.82) is 0 Å². The maximum atomic E-state index is 5.91. The molecule has 0 saturated carbocycles. The first-order valence-electron chi connectivity index (χ1n) is 5.97. The molecule has 19 heavy (non-hydrogen) atoms. The molecule has 0 atom stereocenters. The molecule has 2 aromatic rings. The van der Waals surface area contributed by atoms with E-state index in [1.807, 2.05) is 13.2 Å². The largest absolute Gasteiger partial charge is 0.382 e. The minimum Gasteiger partial charge on any atom is -0.382 e. The monoisotopic (exact) mass is 274 g/mol. The van der Waals surface area contributed by atoms with E-state index < -0.39 is 0 Å². The SMILES string of the molecule is CC(C)Nc1cc(Cl)ncc1C#Cc1cnn(C)c1. The van der Waals surface area contributed by atoms with Gasteiger partial charge in [-0.2, -0.15) is 5.10 Å². The van der Waals surface area contributed by atoms with Crippen LogP contribution in [0.15, 0.2) is 24.7 Å². The van der Waals surface area contributed by atoms with Crippen molar-refractivity contribution in [2.45, 2.75) is 19.9 Å². The summed E-state index contributed by atoms with van der Waals surface area (Å²) in [5.74, 6) is 6.15. The Balaban J connectivity index is 2.31. The summed E-state index contributed by atoms with van der Waals surface area (Å²) >= 11 is 5.91. The quantitative estimate of drug-likeness (QED) is 0.676. The zero-order valence-corrected chi connectivity index (χ0v) is 11.9. The van der Waals surface area contributed by atoms with Gasteiger partial charge >= 0.3 is 0 Å². The summed E-state index contributed by atoms with van der Waals surface area (Å²) in [6, 6.07) is 2.09. The molecule has 98 valence electrons. The van der Waals surface area contributed by atoms with E-state index in [-0.39, 0.29) is 0 Å². The molecule has 2 aromatic heterocycles. The van der Waals surface area contributed by atoms with Crippen LogP contribution in [0.1, 0.15) is 25.0 Å². The van der Waals surface area contributed by atoms with Gasteiger partial charge in [-0.1, -0.05) is 23.4 Å². The fraction of sp³-hybridized carbons (Fsp3) is 0.286. The molecule has 0 saturated heterocycles. The number of pyridine rings is 1. The number of hydrogen-bond donors (Lipinski definition) is 1. The van der Waals surface area contributed by atoms with Crippen molar-refractivity contribution >= 4 is 17.3 Å². The standard InChI is InChI=1S/C14H15ClN4/c1-10(2)18-13-6-14(15)16-8-12(13)5-4-11-7-17-19(3)9-11/h6-10H,1-3H3,(H,16,18). The van der Waals surface area contributed by atoms with Crippen molar-refractivity contribution in [2.75, 3.05) is 5.32 Å². The number of aryl methyl sites for hydroxylation is 1. The van der Waals surface area contributed by atoms with Gasteiger partial charge in [-0.3, -0.25) is 4.68 Å². The first-order chi connectivity index (χ1) is 9.04. The number of hydrogen-bond acceptors (Lipinski definition) is 3. The Bertz CT molecular complexity index is 634. The van der Waals surface area contributed by atoms with Gasteiger partial charge in [0.2, 0.25) is 0 Å². The highest BCUT2D eigenvalue weighted by Crippen LogP contribution is 2.18. The van der Waals surface area contributed by atoms with Gasteiger partial charge in [-0.15, -0.1) is 0 Å². The lowest BCUT2D eigenvalue weighted by atomic mass is 10.2. The van der Waals surface area contributed by atoms with Crippen molar-refractivity contribution < 1.29 is 0 Å². The highest BCUT2D eigenvalue weighted by atomic mass is 35.5. The van der Waals surface area contributed by atoms with Gasteiger partial charge in [-0.25, -0.2) is 4.98 Å². The van der Waals surface area contributed by atoms with Crippen LogP contribution in [-0.4, -0.2) is 20.8 Å². The summed E-state index contributed by atoms with van der Waals surface area (Å²) in [7, 11) is 1.86. The first-order valence-corrected chi connectivity index (χ1v) is 6.35. The van der Waals surface area contributed by atoms with Gasteiger partial charge in [0.1, 0.15) is 5.15 Å². The Hall–Kier alpha value is -1.99. The summed E-state index contributed by atoms with van der Waals surface area (Å²) in [6.45, 7) is 4.12. The fourth-order valence-electron chi connectivity index (χ4n) is 1.59. The molecular weight excluding hydrogens is 260 g/mol. The van der Waals surface area contributed by atoms with Crippen LogP contribution >= 0.6 is 11.6 Å². The summed E-state index contributed by atoms with van der Waals surface area (Å²) in [4.78, 5) is 4.07. The lowest BCUT2D eigenvalue weighted by molar-refractivity contribution is 0.767. The van der Waals surface area contributed by atoms with Crippen LogP contribution in [0.4, 0.5) is 5.69 Å². The summed E-state index contributed by atoms with van der Waals surface area (Å²) in [5.41, 5.74) is 2.58. The van der Waals surface area contributed by atoms with Crippen molar-refractivity contribution in [2.24, 2.45) is 7.05 Å². The van der Waals surface area contributed by atoms with Crippen molar-refractivity contribution in [3.05, 3.63) is 40.9 Å². The average Bonchev–Trinajstić information content (AvgIpc) is 2.73. The van der Waals surface area contributed by atoms with E-state index in [4.69, 9.17) is 11.6 Å². The molecule has 0 aliphatic carbocycles. The molecule has 0 aliphatic heterocycles. The van der Waals surface area contributed by atoms with Crippen LogP contribution < -0.4 is 5.32 Å². The van der Waals surface area contributed by atoms with E-state index in [2.05, 4.69) is 41.1 Å². The number of rotatable bonds is 2.